The van der Waals surface area contributed by atoms with Crippen molar-refractivity contribution in [1.82, 2.24) is 10.6 Å². The zero-order chi connectivity index (χ0) is 19.4. The van der Waals surface area contributed by atoms with Gasteiger partial charge in [-0.15, -0.1) is 0 Å². The number of carboxylic acid groups (broad SMARTS) is 2. The second-order valence-electron chi connectivity index (χ2n) is 4.86. The zero-order valence-electron chi connectivity index (χ0n) is 14.7. The molecule has 0 saturated carbocycles. The number of hydrogen-bond acceptors (Lipinski definition) is 5. The third-order valence-corrected chi connectivity index (χ3v) is 2.87. The number of hydrogen-bond donors (Lipinski definition) is 3. The maximum Gasteiger partial charge on any atom is 1.00 e. The van der Waals surface area contributed by atoms with Gasteiger partial charge in [-0.25, -0.2) is 0 Å². The molecule has 0 saturated heterocycles. The first kappa shape index (κ1) is 24.3. The fourth-order valence-electron chi connectivity index (χ4n) is 1.69. The normalized spacial score (nSPS) is 8.89. The number of benzene rings is 2. The van der Waals surface area contributed by atoms with Gasteiger partial charge in [0.15, 0.2) is 0 Å². The molecule has 0 spiro atoms. The van der Waals surface area contributed by atoms with E-state index in [1.165, 1.54) is 0 Å². The van der Waals surface area contributed by atoms with Gasteiger partial charge >= 0.3 is 35.5 Å². The zero-order valence-corrected chi connectivity index (χ0v) is 16.7. The average molecular weight is 380 g/mol. The van der Waals surface area contributed by atoms with Crippen LogP contribution in [-0.4, -0.2) is 41.9 Å². The van der Waals surface area contributed by atoms with E-state index in [0.29, 0.717) is 11.1 Å². The van der Waals surface area contributed by atoms with Crippen LogP contribution in [-0.2, 0) is 9.59 Å². The Kier molecular flexibility index (Phi) is 12.2. The molecular weight excluding hydrogens is 363 g/mol. The summed E-state index contributed by atoms with van der Waals surface area (Å²) in [5, 5.41) is 22.8. The number of nitrogens with one attached hydrogen (secondary N) is 2. The molecule has 0 aliphatic rings. The first-order valence-electron chi connectivity index (χ1n) is 7.48. The van der Waals surface area contributed by atoms with Crippen molar-refractivity contribution >= 4 is 23.8 Å². The van der Waals surface area contributed by atoms with Gasteiger partial charge in [0.2, 0.25) is 0 Å². The molecule has 2 aromatic rings. The Morgan fingerprint density at radius 1 is 0.741 bits per heavy atom. The average Bonchev–Trinajstić information content (AvgIpc) is 2.66. The van der Waals surface area contributed by atoms with E-state index in [9.17, 15) is 24.3 Å². The quantitative estimate of drug-likeness (QED) is 0.449. The Balaban J connectivity index is 0.000000483. The summed E-state index contributed by atoms with van der Waals surface area (Å²) < 4.78 is 0. The van der Waals surface area contributed by atoms with Crippen LogP contribution in [0.2, 0.25) is 0 Å². The van der Waals surface area contributed by atoms with Crippen LogP contribution < -0.4 is 45.3 Å². The van der Waals surface area contributed by atoms with Crippen molar-refractivity contribution in [3.05, 3.63) is 71.8 Å². The molecule has 0 atom stereocenters. The van der Waals surface area contributed by atoms with E-state index < -0.39 is 24.4 Å². The van der Waals surface area contributed by atoms with E-state index in [-0.39, 0.29) is 42.0 Å². The van der Waals surface area contributed by atoms with Crippen molar-refractivity contribution in [1.29, 1.82) is 0 Å². The number of rotatable bonds is 6. The second kappa shape index (κ2) is 13.5. The van der Waals surface area contributed by atoms with Gasteiger partial charge in [-0.3, -0.25) is 14.4 Å². The maximum absolute atomic E-state index is 11.2. The number of aliphatic carboxylic acids is 2. The van der Waals surface area contributed by atoms with Crippen molar-refractivity contribution < 1.29 is 58.9 Å². The summed E-state index contributed by atoms with van der Waals surface area (Å²) in [6, 6.07) is 16.8. The molecule has 0 fully saturated rings. The summed E-state index contributed by atoms with van der Waals surface area (Å²) in [6.07, 6.45) is 0. The van der Waals surface area contributed by atoms with E-state index in [1.54, 1.807) is 60.7 Å². The van der Waals surface area contributed by atoms with Crippen molar-refractivity contribution in [3.8, 4) is 0 Å². The maximum atomic E-state index is 11.2. The van der Waals surface area contributed by atoms with Gasteiger partial charge in [-0.2, -0.15) is 0 Å². The largest absolute Gasteiger partial charge is 1.00 e. The molecular formula is C18H17N2NaO6. The number of amides is 2. The fourth-order valence-corrected chi connectivity index (χ4v) is 1.69. The predicted molar refractivity (Wildman–Crippen MR) is 90.2 cm³/mol. The molecule has 2 rings (SSSR count). The second-order valence-corrected chi connectivity index (χ2v) is 4.86. The first-order chi connectivity index (χ1) is 12.4. The Morgan fingerprint density at radius 3 is 1.44 bits per heavy atom. The molecule has 0 bridgehead atoms. The summed E-state index contributed by atoms with van der Waals surface area (Å²) in [5.41, 5.74) is 0.896. The molecule has 0 unspecified atom stereocenters. The van der Waals surface area contributed by atoms with Crippen LogP contribution in [0.3, 0.4) is 0 Å². The Morgan fingerprint density at radius 2 is 1.11 bits per heavy atom. The molecule has 8 nitrogen and oxygen atoms in total. The fraction of sp³-hybridized carbons (Fsp3) is 0.111. The molecule has 0 radical (unpaired) electrons. The minimum absolute atomic E-state index is 0. The van der Waals surface area contributed by atoms with E-state index >= 15 is 0 Å². The number of carboxylic acids is 2. The van der Waals surface area contributed by atoms with Gasteiger partial charge in [0.05, 0.1) is 12.5 Å². The molecule has 3 N–H and O–H groups in total. The van der Waals surface area contributed by atoms with Crippen LogP contribution in [0, 0.1) is 0 Å². The molecule has 0 aliphatic heterocycles. The molecule has 27 heavy (non-hydrogen) atoms. The van der Waals surface area contributed by atoms with Crippen LogP contribution in [0.25, 0.3) is 0 Å². The van der Waals surface area contributed by atoms with Gasteiger partial charge in [0.25, 0.3) is 11.8 Å². The van der Waals surface area contributed by atoms with Crippen LogP contribution in [0.5, 0.6) is 0 Å². The first-order valence-corrected chi connectivity index (χ1v) is 7.48. The molecule has 136 valence electrons. The third-order valence-electron chi connectivity index (χ3n) is 2.87. The Hall–Kier alpha value is -2.68. The predicted octanol–water partition coefficient (Wildman–Crippen LogP) is -3.33. The monoisotopic (exact) mass is 380 g/mol. The van der Waals surface area contributed by atoms with Crippen LogP contribution in [0.4, 0.5) is 0 Å². The van der Waals surface area contributed by atoms with Crippen molar-refractivity contribution in [2.45, 2.75) is 0 Å². The van der Waals surface area contributed by atoms with Gasteiger partial charge in [-0.05, 0) is 24.3 Å². The molecule has 2 amide bonds. The summed E-state index contributed by atoms with van der Waals surface area (Å²) in [4.78, 5) is 42.5. The minimum atomic E-state index is -1.30. The Bertz CT molecular complexity index is 687. The minimum Gasteiger partial charge on any atom is -0.548 e. The van der Waals surface area contributed by atoms with Crippen LogP contribution in [0.1, 0.15) is 20.7 Å². The Labute approximate surface area is 177 Å². The van der Waals surface area contributed by atoms with Gasteiger partial charge in [-0.1, -0.05) is 36.4 Å². The van der Waals surface area contributed by atoms with E-state index in [0.717, 1.165) is 0 Å². The molecule has 0 aliphatic carbocycles. The summed E-state index contributed by atoms with van der Waals surface area (Å²) in [6.45, 7) is -0.818. The summed E-state index contributed by atoms with van der Waals surface area (Å²) in [7, 11) is 0. The third kappa shape index (κ3) is 10.8. The van der Waals surface area contributed by atoms with Crippen molar-refractivity contribution in [2.75, 3.05) is 13.1 Å². The smallest absolute Gasteiger partial charge is 0.548 e. The van der Waals surface area contributed by atoms with E-state index in [1.807, 2.05) is 0 Å². The van der Waals surface area contributed by atoms with Gasteiger partial charge in [0, 0.05) is 11.1 Å². The molecule has 9 heteroatoms. The summed E-state index contributed by atoms with van der Waals surface area (Å²) >= 11 is 0. The van der Waals surface area contributed by atoms with E-state index in [2.05, 4.69) is 10.6 Å². The van der Waals surface area contributed by atoms with Crippen molar-refractivity contribution in [2.24, 2.45) is 0 Å². The number of carbonyl (C=O) groups excluding carboxylic acids is 3. The molecule has 2 aromatic carbocycles. The standard InChI is InChI=1S/2C9H9NO3.Na/c2*11-8(12)6-10-9(13)7-4-2-1-3-5-7;/h2*1-5H,6H2,(H,10,13)(H,11,12);/q;;+1/p-1. The van der Waals surface area contributed by atoms with Crippen molar-refractivity contribution in [3.63, 3.8) is 0 Å². The van der Waals surface area contributed by atoms with E-state index in [4.69, 9.17) is 5.11 Å². The topological polar surface area (TPSA) is 136 Å². The van der Waals surface area contributed by atoms with Crippen LogP contribution >= 0.6 is 0 Å². The molecule has 0 heterocycles. The van der Waals surface area contributed by atoms with Crippen LogP contribution in [0.15, 0.2) is 60.7 Å². The molecule has 0 aromatic heterocycles. The summed E-state index contributed by atoms with van der Waals surface area (Å²) in [5.74, 6) is -3.14. The van der Waals surface area contributed by atoms with Gasteiger partial charge in [0.1, 0.15) is 6.54 Å². The van der Waals surface area contributed by atoms with Gasteiger partial charge < -0.3 is 25.6 Å². The SMILES string of the molecule is O=C(O)CNC(=O)c1ccccc1.O=C([O-])CNC(=O)c1ccccc1.[Na+]. The number of carbonyl (C=O) groups is 4.